The molecule has 3 nitrogen and oxygen atoms in total. The first kappa shape index (κ1) is 9.74. The summed E-state index contributed by atoms with van der Waals surface area (Å²) in [6, 6.07) is 0.354. The first-order valence-corrected chi connectivity index (χ1v) is 6.89. The van der Waals surface area contributed by atoms with Gasteiger partial charge >= 0.3 is 0 Å². The topological polar surface area (TPSA) is 37.4 Å². The van der Waals surface area contributed by atoms with Crippen LogP contribution in [-0.2, 0) is 10.0 Å². The van der Waals surface area contributed by atoms with E-state index in [0.29, 0.717) is 0 Å². The average Bonchev–Trinajstić information content (AvgIpc) is 2.23. The minimum Gasteiger partial charge on any atom is -0.212 e. The van der Waals surface area contributed by atoms with E-state index in [1.54, 1.807) is 4.31 Å². The van der Waals surface area contributed by atoms with E-state index in [0.717, 1.165) is 25.7 Å². The molecular formula is C8H14ClNO2S. The van der Waals surface area contributed by atoms with E-state index in [4.69, 9.17) is 11.6 Å². The van der Waals surface area contributed by atoms with Crippen molar-refractivity contribution in [3.05, 3.63) is 0 Å². The summed E-state index contributed by atoms with van der Waals surface area (Å²) in [7, 11) is -3.01. The van der Waals surface area contributed by atoms with Crippen molar-refractivity contribution >= 4 is 21.6 Å². The maximum atomic E-state index is 11.4. The number of hydrogen-bond donors (Lipinski definition) is 0. The third-order valence-electron chi connectivity index (χ3n) is 2.99. The minimum absolute atomic E-state index is 0.176. The highest BCUT2D eigenvalue weighted by molar-refractivity contribution is 7.88. The smallest absolute Gasteiger partial charge is 0.211 e. The Balaban J connectivity index is 2.25. The Labute approximate surface area is 84.1 Å². The molecule has 2 unspecified atom stereocenters. The number of rotatable bonds is 1. The highest BCUT2D eigenvalue weighted by atomic mass is 35.5. The third-order valence-corrected chi connectivity index (χ3v) is 4.71. The Bertz CT molecular complexity index is 289. The number of piperidine rings is 1. The summed E-state index contributed by atoms with van der Waals surface area (Å²) in [5.41, 5.74) is 0. The lowest BCUT2D eigenvalue weighted by Gasteiger charge is -2.34. The lowest BCUT2D eigenvalue weighted by molar-refractivity contribution is 0.253. The van der Waals surface area contributed by atoms with Gasteiger partial charge in [-0.05, 0) is 25.7 Å². The van der Waals surface area contributed by atoms with Gasteiger partial charge in [-0.2, -0.15) is 4.31 Å². The van der Waals surface area contributed by atoms with Gasteiger partial charge in [-0.15, -0.1) is 11.6 Å². The van der Waals surface area contributed by atoms with Crippen molar-refractivity contribution in [2.75, 3.05) is 6.26 Å². The molecule has 5 heteroatoms. The number of halogens is 1. The number of alkyl halides is 1. The minimum atomic E-state index is -3.01. The molecule has 2 aliphatic rings. The molecule has 76 valence electrons. The van der Waals surface area contributed by atoms with Gasteiger partial charge in [0.2, 0.25) is 10.0 Å². The van der Waals surface area contributed by atoms with Crippen molar-refractivity contribution in [3.63, 3.8) is 0 Å². The maximum Gasteiger partial charge on any atom is 0.211 e. The standard InChI is InChI=1S/C8H14ClNO2S/c1-13(11,12)10-7-2-3-8(10)5-6(9)4-7/h6-8H,2-5H2,1H3. The predicted octanol–water partition coefficient (Wildman–Crippen LogP) is 1.18. The lowest BCUT2D eigenvalue weighted by atomic mass is 10.1. The van der Waals surface area contributed by atoms with Gasteiger partial charge in [0.25, 0.3) is 0 Å². The molecule has 0 radical (unpaired) electrons. The number of sulfonamides is 1. The monoisotopic (exact) mass is 223 g/mol. The molecule has 2 heterocycles. The highest BCUT2D eigenvalue weighted by Crippen LogP contribution is 2.39. The Morgan fingerprint density at radius 2 is 1.69 bits per heavy atom. The number of fused-ring (bicyclic) bond motifs is 2. The van der Waals surface area contributed by atoms with Crippen LogP contribution in [0, 0.1) is 0 Å². The van der Waals surface area contributed by atoms with Crippen LogP contribution in [0.2, 0.25) is 0 Å². The van der Waals surface area contributed by atoms with E-state index in [9.17, 15) is 8.42 Å². The Kier molecular flexibility index (Phi) is 2.33. The fourth-order valence-corrected chi connectivity index (χ4v) is 4.49. The van der Waals surface area contributed by atoms with Gasteiger partial charge in [-0.25, -0.2) is 8.42 Å². The van der Waals surface area contributed by atoms with Gasteiger partial charge in [0.05, 0.1) is 6.26 Å². The van der Waals surface area contributed by atoms with Gasteiger partial charge in [0.15, 0.2) is 0 Å². The summed E-state index contributed by atoms with van der Waals surface area (Å²) in [6.45, 7) is 0. The second kappa shape index (κ2) is 3.11. The Morgan fingerprint density at radius 1 is 1.23 bits per heavy atom. The summed E-state index contributed by atoms with van der Waals surface area (Å²) in [4.78, 5) is 0. The molecule has 0 saturated carbocycles. The van der Waals surface area contributed by atoms with Gasteiger partial charge in [0.1, 0.15) is 0 Å². The highest BCUT2D eigenvalue weighted by Gasteiger charge is 2.44. The van der Waals surface area contributed by atoms with Gasteiger partial charge < -0.3 is 0 Å². The van der Waals surface area contributed by atoms with Crippen LogP contribution in [-0.4, -0.2) is 36.4 Å². The zero-order valence-electron chi connectivity index (χ0n) is 7.61. The lowest BCUT2D eigenvalue weighted by Crippen LogP contribution is -2.46. The second-order valence-electron chi connectivity index (χ2n) is 4.05. The molecule has 0 spiro atoms. The maximum absolute atomic E-state index is 11.4. The van der Waals surface area contributed by atoms with Gasteiger partial charge in [-0.3, -0.25) is 0 Å². The first-order chi connectivity index (χ1) is 5.98. The van der Waals surface area contributed by atoms with Crippen LogP contribution >= 0.6 is 11.6 Å². The van der Waals surface area contributed by atoms with Crippen molar-refractivity contribution in [3.8, 4) is 0 Å². The van der Waals surface area contributed by atoms with Crippen LogP contribution in [0.4, 0.5) is 0 Å². The first-order valence-electron chi connectivity index (χ1n) is 4.61. The fourth-order valence-electron chi connectivity index (χ4n) is 2.61. The molecule has 0 amide bonds. The zero-order valence-corrected chi connectivity index (χ0v) is 9.18. The van der Waals surface area contributed by atoms with Crippen LogP contribution in [0.25, 0.3) is 0 Å². The SMILES string of the molecule is CS(=O)(=O)N1C2CCC1CC(Cl)C2. The van der Waals surface area contributed by atoms with E-state index < -0.39 is 10.0 Å². The predicted molar refractivity (Wildman–Crippen MR) is 52.4 cm³/mol. The largest absolute Gasteiger partial charge is 0.212 e. The molecule has 13 heavy (non-hydrogen) atoms. The molecule has 2 atom stereocenters. The average molecular weight is 224 g/mol. The van der Waals surface area contributed by atoms with E-state index in [2.05, 4.69) is 0 Å². The molecule has 2 fully saturated rings. The van der Waals surface area contributed by atoms with Crippen molar-refractivity contribution in [2.45, 2.75) is 43.1 Å². The van der Waals surface area contributed by atoms with E-state index in [-0.39, 0.29) is 17.5 Å². The number of hydrogen-bond acceptors (Lipinski definition) is 2. The Hall–Kier alpha value is 0.200. The molecule has 0 aromatic rings. The number of nitrogens with zero attached hydrogens (tertiary/aromatic N) is 1. The second-order valence-corrected chi connectivity index (χ2v) is 6.55. The summed E-state index contributed by atoms with van der Waals surface area (Å²) < 4.78 is 24.5. The van der Waals surface area contributed by atoms with E-state index in [1.165, 1.54) is 6.26 Å². The van der Waals surface area contributed by atoms with Crippen LogP contribution in [0.15, 0.2) is 0 Å². The molecule has 0 aromatic heterocycles. The van der Waals surface area contributed by atoms with Crippen molar-refractivity contribution in [1.29, 1.82) is 0 Å². The molecule has 2 aliphatic heterocycles. The van der Waals surface area contributed by atoms with Crippen molar-refractivity contribution in [2.24, 2.45) is 0 Å². The molecule has 2 saturated heterocycles. The fraction of sp³-hybridized carbons (Fsp3) is 1.00. The molecule has 0 N–H and O–H groups in total. The normalized spacial score (nSPS) is 40.9. The van der Waals surface area contributed by atoms with Crippen LogP contribution in [0.3, 0.4) is 0 Å². The molecule has 2 rings (SSSR count). The van der Waals surface area contributed by atoms with Crippen molar-refractivity contribution in [1.82, 2.24) is 4.31 Å². The van der Waals surface area contributed by atoms with Crippen LogP contribution in [0.1, 0.15) is 25.7 Å². The summed E-state index contributed by atoms with van der Waals surface area (Å²) in [5, 5.41) is 0.176. The van der Waals surface area contributed by atoms with E-state index in [1.807, 2.05) is 0 Å². The summed E-state index contributed by atoms with van der Waals surface area (Å²) in [5.74, 6) is 0. The molecule has 0 aromatic carbocycles. The summed E-state index contributed by atoms with van der Waals surface area (Å²) in [6.07, 6.45) is 4.92. The molecule has 2 bridgehead atoms. The summed E-state index contributed by atoms with van der Waals surface area (Å²) >= 11 is 6.04. The van der Waals surface area contributed by atoms with Crippen LogP contribution in [0.5, 0.6) is 0 Å². The quantitative estimate of drug-likeness (QED) is 0.626. The third kappa shape index (κ3) is 1.72. The molecular weight excluding hydrogens is 210 g/mol. The van der Waals surface area contributed by atoms with Crippen molar-refractivity contribution < 1.29 is 8.42 Å². The molecule has 0 aliphatic carbocycles. The van der Waals surface area contributed by atoms with E-state index >= 15 is 0 Å². The van der Waals surface area contributed by atoms with Gasteiger partial charge in [-0.1, -0.05) is 0 Å². The Morgan fingerprint density at radius 3 is 2.08 bits per heavy atom. The van der Waals surface area contributed by atoms with Gasteiger partial charge in [0, 0.05) is 17.5 Å². The zero-order chi connectivity index (χ0) is 9.64. The van der Waals surface area contributed by atoms with Crippen LogP contribution < -0.4 is 0 Å².